The Bertz CT molecular complexity index is 279. The minimum atomic E-state index is -0.186. The molecule has 1 amide bonds. The van der Waals surface area contributed by atoms with Crippen LogP contribution in [0.15, 0.2) is 6.20 Å². The Labute approximate surface area is 70.4 Å². The van der Waals surface area contributed by atoms with Crippen LogP contribution in [-0.4, -0.2) is 21.9 Å². The van der Waals surface area contributed by atoms with Gasteiger partial charge in [-0.1, -0.05) is 0 Å². The number of nitrogens with zero attached hydrogens (tertiary/aromatic N) is 1. The summed E-state index contributed by atoms with van der Waals surface area (Å²) in [4.78, 5) is 17.6. The number of nitrogens with one attached hydrogen (secondary N) is 2. The standard InChI is InChI=1S/C7H12N4O/c1-4(2)10-6(12)5-3-9-7(8)11-5/h3-4H,1-2H3,(H,10,12)(H3,8,9,11). The number of anilines is 1. The lowest BCUT2D eigenvalue weighted by molar-refractivity contribution is 0.0938. The predicted molar refractivity (Wildman–Crippen MR) is 45.6 cm³/mol. The molecular formula is C7H12N4O. The number of rotatable bonds is 2. The van der Waals surface area contributed by atoms with E-state index in [1.54, 1.807) is 0 Å². The predicted octanol–water partition coefficient (Wildman–Crippen LogP) is 0.130. The number of aromatic amines is 1. The first kappa shape index (κ1) is 8.58. The number of hydrogen-bond acceptors (Lipinski definition) is 3. The maximum absolute atomic E-state index is 11.2. The molecule has 0 spiro atoms. The van der Waals surface area contributed by atoms with Crippen LogP contribution in [-0.2, 0) is 0 Å². The Morgan fingerprint density at radius 2 is 2.42 bits per heavy atom. The van der Waals surface area contributed by atoms with Gasteiger partial charge in [-0.3, -0.25) is 4.79 Å². The molecule has 5 heteroatoms. The topological polar surface area (TPSA) is 83.8 Å². The maximum Gasteiger partial charge on any atom is 0.269 e. The van der Waals surface area contributed by atoms with Crippen molar-refractivity contribution in [2.45, 2.75) is 19.9 Å². The van der Waals surface area contributed by atoms with Gasteiger partial charge in [-0.15, -0.1) is 0 Å². The average molecular weight is 168 g/mol. The summed E-state index contributed by atoms with van der Waals surface area (Å²) >= 11 is 0. The van der Waals surface area contributed by atoms with Crippen molar-refractivity contribution < 1.29 is 4.79 Å². The van der Waals surface area contributed by atoms with Gasteiger partial charge < -0.3 is 16.0 Å². The third kappa shape index (κ3) is 1.98. The van der Waals surface area contributed by atoms with Crippen molar-refractivity contribution in [2.24, 2.45) is 0 Å². The Hall–Kier alpha value is -1.52. The Balaban J connectivity index is 2.65. The Kier molecular flexibility index (Phi) is 2.32. The second-order valence-electron chi connectivity index (χ2n) is 2.81. The van der Waals surface area contributed by atoms with Gasteiger partial charge in [0.05, 0.1) is 6.20 Å². The zero-order chi connectivity index (χ0) is 9.14. The molecule has 12 heavy (non-hydrogen) atoms. The summed E-state index contributed by atoms with van der Waals surface area (Å²) in [6.45, 7) is 3.77. The molecule has 0 bridgehead atoms. The number of nitrogen functional groups attached to an aromatic ring is 1. The molecule has 0 unspecified atom stereocenters. The first-order valence-corrected chi connectivity index (χ1v) is 3.71. The Morgan fingerprint density at radius 1 is 1.75 bits per heavy atom. The van der Waals surface area contributed by atoms with Crippen LogP contribution in [0.3, 0.4) is 0 Å². The van der Waals surface area contributed by atoms with Gasteiger partial charge in [0.25, 0.3) is 5.91 Å². The summed E-state index contributed by atoms with van der Waals surface area (Å²) in [7, 11) is 0. The van der Waals surface area contributed by atoms with E-state index in [-0.39, 0.29) is 17.9 Å². The molecular weight excluding hydrogens is 156 g/mol. The van der Waals surface area contributed by atoms with E-state index in [2.05, 4.69) is 15.3 Å². The van der Waals surface area contributed by atoms with Crippen LogP contribution >= 0.6 is 0 Å². The van der Waals surface area contributed by atoms with E-state index in [0.717, 1.165) is 0 Å². The van der Waals surface area contributed by atoms with Crippen LogP contribution in [0.4, 0.5) is 5.95 Å². The fraction of sp³-hybridized carbons (Fsp3) is 0.429. The first-order chi connectivity index (χ1) is 5.59. The van der Waals surface area contributed by atoms with Crippen molar-refractivity contribution in [2.75, 3.05) is 5.73 Å². The van der Waals surface area contributed by atoms with E-state index in [4.69, 9.17) is 5.73 Å². The fourth-order valence-corrected chi connectivity index (χ4v) is 0.792. The quantitative estimate of drug-likeness (QED) is 0.587. The lowest BCUT2D eigenvalue weighted by Crippen LogP contribution is -2.30. The molecule has 1 heterocycles. The number of carbonyl (C=O) groups is 1. The Morgan fingerprint density at radius 3 is 2.83 bits per heavy atom. The number of hydrogen-bond donors (Lipinski definition) is 3. The summed E-state index contributed by atoms with van der Waals surface area (Å²) in [5.74, 6) is 0.0677. The molecule has 0 atom stereocenters. The summed E-state index contributed by atoms with van der Waals surface area (Å²) in [5.41, 5.74) is 5.69. The lowest BCUT2D eigenvalue weighted by Gasteiger charge is -2.05. The molecule has 0 aliphatic rings. The van der Waals surface area contributed by atoms with Crippen molar-refractivity contribution in [3.8, 4) is 0 Å². The number of aromatic nitrogens is 2. The first-order valence-electron chi connectivity index (χ1n) is 3.71. The van der Waals surface area contributed by atoms with Crippen LogP contribution in [0.25, 0.3) is 0 Å². The highest BCUT2D eigenvalue weighted by molar-refractivity contribution is 5.92. The van der Waals surface area contributed by atoms with Gasteiger partial charge in [0.2, 0.25) is 0 Å². The van der Waals surface area contributed by atoms with Gasteiger partial charge in [-0.2, -0.15) is 0 Å². The molecule has 0 radical (unpaired) electrons. The highest BCUT2D eigenvalue weighted by Crippen LogP contribution is 1.97. The molecule has 0 saturated carbocycles. The van der Waals surface area contributed by atoms with Crippen molar-refractivity contribution in [3.63, 3.8) is 0 Å². The third-order valence-corrected chi connectivity index (χ3v) is 1.26. The molecule has 0 fully saturated rings. The molecule has 5 nitrogen and oxygen atoms in total. The van der Waals surface area contributed by atoms with E-state index in [0.29, 0.717) is 5.69 Å². The summed E-state index contributed by atoms with van der Waals surface area (Å²) < 4.78 is 0. The molecule has 1 aromatic heterocycles. The van der Waals surface area contributed by atoms with Crippen molar-refractivity contribution in [1.82, 2.24) is 15.3 Å². The van der Waals surface area contributed by atoms with Gasteiger partial charge in [0, 0.05) is 6.04 Å². The van der Waals surface area contributed by atoms with Crippen molar-refractivity contribution in [3.05, 3.63) is 11.9 Å². The fourth-order valence-electron chi connectivity index (χ4n) is 0.792. The normalized spacial score (nSPS) is 10.2. The largest absolute Gasteiger partial charge is 0.369 e. The van der Waals surface area contributed by atoms with E-state index in [9.17, 15) is 4.79 Å². The third-order valence-electron chi connectivity index (χ3n) is 1.26. The minimum absolute atomic E-state index is 0.113. The number of carbonyl (C=O) groups excluding carboxylic acids is 1. The smallest absolute Gasteiger partial charge is 0.269 e. The second kappa shape index (κ2) is 3.25. The molecule has 4 N–H and O–H groups in total. The summed E-state index contributed by atoms with van der Waals surface area (Å²) in [6, 6.07) is 0.113. The van der Waals surface area contributed by atoms with Crippen LogP contribution < -0.4 is 11.1 Å². The molecule has 66 valence electrons. The van der Waals surface area contributed by atoms with Crippen molar-refractivity contribution >= 4 is 11.9 Å². The van der Waals surface area contributed by atoms with Crippen LogP contribution in [0.2, 0.25) is 0 Å². The molecule has 0 saturated heterocycles. The zero-order valence-electron chi connectivity index (χ0n) is 7.09. The highest BCUT2D eigenvalue weighted by Gasteiger charge is 2.08. The number of amides is 1. The van der Waals surface area contributed by atoms with Crippen LogP contribution in [0.1, 0.15) is 24.3 Å². The summed E-state index contributed by atoms with van der Waals surface area (Å²) in [5, 5.41) is 2.71. The van der Waals surface area contributed by atoms with Gasteiger partial charge >= 0.3 is 0 Å². The average Bonchev–Trinajstić information content (AvgIpc) is 2.34. The van der Waals surface area contributed by atoms with Crippen LogP contribution in [0, 0.1) is 0 Å². The monoisotopic (exact) mass is 168 g/mol. The molecule has 0 aliphatic carbocycles. The van der Waals surface area contributed by atoms with E-state index < -0.39 is 0 Å². The lowest BCUT2D eigenvalue weighted by atomic mass is 10.3. The van der Waals surface area contributed by atoms with Gasteiger partial charge in [0.1, 0.15) is 5.69 Å². The van der Waals surface area contributed by atoms with Gasteiger partial charge in [0.15, 0.2) is 5.95 Å². The maximum atomic E-state index is 11.2. The molecule has 1 rings (SSSR count). The molecule has 0 aromatic carbocycles. The number of nitrogens with two attached hydrogens (primary N) is 1. The second-order valence-corrected chi connectivity index (χ2v) is 2.81. The molecule has 0 aliphatic heterocycles. The highest BCUT2D eigenvalue weighted by atomic mass is 16.1. The van der Waals surface area contributed by atoms with E-state index in [1.165, 1.54) is 6.20 Å². The van der Waals surface area contributed by atoms with Crippen LogP contribution in [0.5, 0.6) is 0 Å². The van der Waals surface area contributed by atoms with Gasteiger partial charge in [-0.05, 0) is 13.8 Å². The SMILES string of the molecule is CC(C)NC(=O)c1cnc(N)[nH]1. The minimum Gasteiger partial charge on any atom is -0.369 e. The van der Waals surface area contributed by atoms with E-state index in [1.807, 2.05) is 13.8 Å². The number of H-pyrrole nitrogens is 1. The zero-order valence-corrected chi connectivity index (χ0v) is 7.09. The van der Waals surface area contributed by atoms with E-state index >= 15 is 0 Å². The van der Waals surface area contributed by atoms with Gasteiger partial charge in [-0.25, -0.2) is 4.98 Å². The number of imidazole rings is 1. The van der Waals surface area contributed by atoms with Crippen molar-refractivity contribution in [1.29, 1.82) is 0 Å². The summed E-state index contributed by atoms with van der Waals surface area (Å²) in [6.07, 6.45) is 1.41. The molecule has 1 aromatic rings.